The smallest absolute Gasteiger partial charge is 0.330 e. The summed E-state index contributed by atoms with van der Waals surface area (Å²) in [6.45, 7) is 4.10. The van der Waals surface area contributed by atoms with Gasteiger partial charge in [0.1, 0.15) is 12.7 Å². The van der Waals surface area contributed by atoms with Crippen molar-refractivity contribution in [3.63, 3.8) is 0 Å². The fourth-order valence-corrected chi connectivity index (χ4v) is 0.949. The molecule has 78 valence electrons. The Labute approximate surface area is 82.9 Å². The van der Waals surface area contributed by atoms with Crippen LogP contribution in [0.5, 0.6) is 0 Å². The molecule has 1 aliphatic heterocycles. The maximum absolute atomic E-state index is 11.0. The molecular formula is C10H14O4. The molecule has 0 aromatic carbocycles. The summed E-state index contributed by atoms with van der Waals surface area (Å²) in [6.07, 6.45) is 3.26. The first-order valence-corrected chi connectivity index (χ1v) is 4.62. The Bertz CT molecular complexity index is 247. The highest BCUT2D eigenvalue weighted by atomic mass is 16.6. The van der Waals surface area contributed by atoms with Crippen molar-refractivity contribution < 1.29 is 19.1 Å². The minimum atomic E-state index is -0.387. The number of esters is 2. The van der Waals surface area contributed by atoms with Crippen molar-refractivity contribution in [2.75, 3.05) is 6.61 Å². The normalized spacial score (nSPS) is 20.8. The fraction of sp³-hybridized carbons (Fsp3) is 0.600. The van der Waals surface area contributed by atoms with E-state index in [0.29, 0.717) is 12.3 Å². The number of hydrogen-bond donors (Lipinski definition) is 0. The minimum Gasteiger partial charge on any atom is -0.459 e. The van der Waals surface area contributed by atoms with Crippen LogP contribution >= 0.6 is 0 Å². The predicted octanol–water partition coefficient (Wildman–Crippen LogP) is 1.06. The zero-order chi connectivity index (χ0) is 10.6. The van der Waals surface area contributed by atoms with Gasteiger partial charge < -0.3 is 9.47 Å². The van der Waals surface area contributed by atoms with Gasteiger partial charge in [-0.15, -0.1) is 0 Å². The average molecular weight is 198 g/mol. The molecule has 1 aliphatic rings. The monoisotopic (exact) mass is 198 g/mol. The van der Waals surface area contributed by atoms with E-state index in [4.69, 9.17) is 4.74 Å². The van der Waals surface area contributed by atoms with Crippen molar-refractivity contribution in [2.45, 2.75) is 26.4 Å². The highest BCUT2D eigenvalue weighted by Crippen LogP contribution is 2.13. The molecule has 0 saturated carbocycles. The lowest BCUT2D eigenvalue weighted by molar-refractivity contribution is -0.177. The Hall–Kier alpha value is -1.32. The van der Waals surface area contributed by atoms with E-state index in [1.54, 1.807) is 6.08 Å². The molecule has 0 N–H and O–H groups in total. The summed E-state index contributed by atoms with van der Waals surface area (Å²) in [5, 5.41) is 0. The van der Waals surface area contributed by atoms with Gasteiger partial charge in [0.25, 0.3) is 0 Å². The van der Waals surface area contributed by atoms with Crippen LogP contribution in [-0.2, 0) is 19.1 Å². The lowest BCUT2D eigenvalue weighted by Crippen LogP contribution is -2.36. The van der Waals surface area contributed by atoms with Gasteiger partial charge in [0.2, 0.25) is 0 Å². The Kier molecular flexibility index (Phi) is 3.68. The number of rotatable bonds is 4. The topological polar surface area (TPSA) is 52.6 Å². The summed E-state index contributed by atoms with van der Waals surface area (Å²) in [5.41, 5.74) is 0. The molecule has 0 bridgehead atoms. The van der Waals surface area contributed by atoms with Gasteiger partial charge in [0.15, 0.2) is 0 Å². The number of hydrogen-bond acceptors (Lipinski definition) is 4. The highest BCUT2D eigenvalue weighted by Gasteiger charge is 2.29. The first-order chi connectivity index (χ1) is 6.58. The first-order valence-electron chi connectivity index (χ1n) is 4.62. The molecule has 1 atom stereocenters. The lowest BCUT2D eigenvalue weighted by Gasteiger charge is -2.24. The van der Waals surface area contributed by atoms with Crippen LogP contribution in [-0.4, -0.2) is 24.6 Å². The third-order valence-corrected chi connectivity index (χ3v) is 1.72. The van der Waals surface area contributed by atoms with Crippen LogP contribution in [0.4, 0.5) is 0 Å². The van der Waals surface area contributed by atoms with Gasteiger partial charge in [0.05, 0.1) is 6.42 Å². The zero-order valence-electron chi connectivity index (χ0n) is 8.36. The second kappa shape index (κ2) is 4.79. The molecule has 1 heterocycles. The maximum atomic E-state index is 11.0. The SMILES string of the molecule is CC(C)C=CC(=O)OCC1CC(=O)O1. The second-order valence-corrected chi connectivity index (χ2v) is 3.55. The lowest BCUT2D eigenvalue weighted by atomic mass is 10.2. The molecule has 14 heavy (non-hydrogen) atoms. The van der Waals surface area contributed by atoms with E-state index in [9.17, 15) is 9.59 Å². The summed E-state index contributed by atoms with van der Waals surface area (Å²) in [6, 6.07) is 0. The predicted molar refractivity (Wildman–Crippen MR) is 49.4 cm³/mol. The Morgan fingerprint density at radius 2 is 2.36 bits per heavy atom. The molecule has 1 unspecified atom stereocenters. The Balaban J connectivity index is 2.12. The van der Waals surface area contributed by atoms with Crippen LogP contribution in [0, 0.1) is 5.92 Å². The van der Waals surface area contributed by atoms with Gasteiger partial charge >= 0.3 is 11.9 Å². The Morgan fingerprint density at radius 1 is 1.71 bits per heavy atom. The standard InChI is InChI=1S/C10H14O4/c1-7(2)3-4-9(11)13-6-8-5-10(12)14-8/h3-4,7-8H,5-6H2,1-2H3. The van der Waals surface area contributed by atoms with Gasteiger partial charge in [-0.2, -0.15) is 0 Å². The molecule has 0 radical (unpaired) electrons. The van der Waals surface area contributed by atoms with Crippen molar-refractivity contribution in [1.29, 1.82) is 0 Å². The molecule has 0 amide bonds. The third-order valence-electron chi connectivity index (χ3n) is 1.72. The summed E-state index contributed by atoms with van der Waals surface area (Å²) >= 11 is 0. The first kappa shape index (κ1) is 10.8. The summed E-state index contributed by atoms with van der Waals surface area (Å²) in [7, 11) is 0. The van der Waals surface area contributed by atoms with Crippen molar-refractivity contribution in [1.82, 2.24) is 0 Å². The van der Waals surface area contributed by atoms with E-state index in [1.807, 2.05) is 13.8 Å². The number of cyclic esters (lactones) is 1. The zero-order valence-corrected chi connectivity index (χ0v) is 8.36. The summed E-state index contributed by atoms with van der Waals surface area (Å²) < 4.78 is 9.52. The number of ether oxygens (including phenoxy) is 2. The molecule has 1 saturated heterocycles. The summed E-state index contributed by atoms with van der Waals surface area (Å²) in [4.78, 5) is 21.4. The van der Waals surface area contributed by atoms with Crippen LogP contribution in [0.2, 0.25) is 0 Å². The van der Waals surface area contributed by atoms with Crippen LogP contribution < -0.4 is 0 Å². The largest absolute Gasteiger partial charge is 0.459 e. The third kappa shape index (κ3) is 3.60. The van der Waals surface area contributed by atoms with Gasteiger partial charge in [-0.3, -0.25) is 4.79 Å². The fourth-order valence-electron chi connectivity index (χ4n) is 0.949. The van der Waals surface area contributed by atoms with E-state index in [-0.39, 0.29) is 24.6 Å². The quantitative estimate of drug-likeness (QED) is 0.500. The molecule has 0 aromatic rings. The van der Waals surface area contributed by atoms with Crippen LogP contribution in [0.1, 0.15) is 20.3 Å². The van der Waals surface area contributed by atoms with Crippen molar-refractivity contribution in [3.05, 3.63) is 12.2 Å². The van der Waals surface area contributed by atoms with Crippen molar-refractivity contribution >= 4 is 11.9 Å². The number of allylic oxidation sites excluding steroid dienone is 1. The van der Waals surface area contributed by atoms with Crippen LogP contribution in [0.3, 0.4) is 0 Å². The molecule has 0 aromatic heterocycles. The van der Waals surface area contributed by atoms with E-state index in [1.165, 1.54) is 6.08 Å². The molecular weight excluding hydrogens is 184 g/mol. The van der Waals surface area contributed by atoms with Crippen molar-refractivity contribution in [3.8, 4) is 0 Å². The average Bonchev–Trinajstić information content (AvgIpc) is 2.07. The molecule has 4 nitrogen and oxygen atoms in total. The molecule has 0 spiro atoms. The van der Waals surface area contributed by atoms with E-state index in [0.717, 1.165) is 0 Å². The van der Waals surface area contributed by atoms with Gasteiger partial charge in [-0.1, -0.05) is 19.9 Å². The molecule has 0 aliphatic carbocycles. The van der Waals surface area contributed by atoms with Gasteiger partial charge in [-0.05, 0) is 5.92 Å². The van der Waals surface area contributed by atoms with Gasteiger partial charge in [-0.25, -0.2) is 4.79 Å². The van der Waals surface area contributed by atoms with Gasteiger partial charge in [0, 0.05) is 6.08 Å². The minimum absolute atomic E-state index is 0.160. The number of carbonyl (C=O) groups excluding carboxylic acids is 2. The van der Waals surface area contributed by atoms with E-state index >= 15 is 0 Å². The highest BCUT2D eigenvalue weighted by molar-refractivity contribution is 5.82. The molecule has 1 fully saturated rings. The Morgan fingerprint density at radius 3 is 2.86 bits per heavy atom. The van der Waals surface area contributed by atoms with Crippen molar-refractivity contribution in [2.24, 2.45) is 5.92 Å². The summed E-state index contributed by atoms with van der Waals surface area (Å²) in [5.74, 6) is -0.297. The molecule has 1 rings (SSSR count). The molecule has 4 heteroatoms. The number of carbonyl (C=O) groups is 2. The maximum Gasteiger partial charge on any atom is 0.330 e. The van der Waals surface area contributed by atoms with Crippen LogP contribution in [0.15, 0.2) is 12.2 Å². The van der Waals surface area contributed by atoms with Crippen LogP contribution in [0.25, 0.3) is 0 Å². The van der Waals surface area contributed by atoms with E-state index in [2.05, 4.69) is 4.74 Å². The van der Waals surface area contributed by atoms with E-state index < -0.39 is 0 Å². The second-order valence-electron chi connectivity index (χ2n) is 3.55.